The van der Waals surface area contributed by atoms with E-state index in [0.29, 0.717) is 35.5 Å². The van der Waals surface area contributed by atoms with Crippen molar-refractivity contribution in [2.45, 2.75) is 113 Å². The van der Waals surface area contributed by atoms with Crippen LogP contribution in [0, 0.1) is 62.6 Å². The molecule has 0 saturated heterocycles. The van der Waals surface area contributed by atoms with E-state index in [1.807, 2.05) is 0 Å². The van der Waals surface area contributed by atoms with Gasteiger partial charge in [-0.1, -0.05) is 53.6 Å². The molecule has 2 N–H and O–H groups in total. The minimum atomic E-state index is -0.504. The van der Waals surface area contributed by atoms with Gasteiger partial charge >= 0.3 is 5.97 Å². The predicted octanol–water partition coefficient (Wildman–Crippen LogP) is 7.64. The zero-order valence-electron chi connectivity index (χ0n) is 22.8. The standard InChI is InChI=1S/C30H49NO3/c1-18(2)19-10-15-30(25(32)33)17-16-28(6)20(24(19)30)8-9-22-27(5)13-12-23(31-34)26(3,4)21(27)11-14-29(22,28)7/h18-22,24,34H,8-17H2,1-7H3,(H,32,33)/b31-23+/t19-,20+,21-,22+,24+,27-,28+,29+,30?/m0/s1. The van der Waals surface area contributed by atoms with Crippen molar-refractivity contribution in [2.24, 2.45) is 67.7 Å². The van der Waals surface area contributed by atoms with Crippen LogP contribution < -0.4 is 0 Å². The smallest absolute Gasteiger partial charge is 0.309 e. The molecule has 0 spiro atoms. The Hall–Kier alpha value is -1.06. The first-order valence-corrected chi connectivity index (χ1v) is 14.2. The number of carboxylic acids is 1. The van der Waals surface area contributed by atoms with Gasteiger partial charge in [0.15, 0.2) is 0 Å². The molecule has 5 aliphatic rings. The summed E-state index contributed by atoms with van der Waals surface area (Å²) in [6.07, 6.45) is 10.8. The van der Waals surface area contributed by atoms with Crippen molar-refractivity contribution in [1.82, 2.24) is 0 Å². The Morgan fingerprint density at radius 1 is 0.882 bits per heavy atom. The molecule has 5 fully saturated rings. The van der Waals surface area contributed by atoms with Crippen LogP contribution in [-0.2, 0) is 4.79 Å². The van der Waals surface area contributed by atoms with E-state index >= 15 is 0 Å². The predicted molar refractivity (Wildman–Crippen MR) is 136 cm³/mol. The summed E-state index contributed by atoms with van der Waals surface area (Å²) in [7, 11) is 0. The molecule has 5 saturated carbocycles. The quantitative estimate of drug-likeness (QED) is 0.321. The number of rotatable bonds is 2. The van der Waals surface area contributed by atoms with Crippen molar-refractivity contribution in [3.05, 3.63) is 0 Å². The van der Waals surface area contributed by atoms with Crippen LogP contribution in [-0.4, -0.2) is 22.0 Å². The Morgan fingerprint density at radius 2 is 1.59 bits per heavy atom. The van der Waals surface area contributed by atoms with Gasteiger partial charge in [-0.05, 0) is 116 Å². The molecule has 0 heterocycles. The lowest BCUT2D eigenvalue weighted by Gasteiger charge is -2.72. The van der Waals surface area contributed by atoms with E-state index in [0.717, 1.165) is 44.2 Å². The van der Waals surface area contributed by atoms with Gasteiger partial charge in [0.25, 0.3) is 0 Å². The van der Waals surface area contributed by atoms with E-state index in [4.69, 9.17) is 0 Å². The van der Waals surface area contributed by atoms with Gasteiger partial charge in [0.05, 0.1) is 11.1 Å². The van der Waals surface area contributed by atoms with E-state index in [1.54, 1.807) is 0 Å². The van der Waals surface area contributed by atoms with Crippen LogP contribution in [0.5, 0.6) is 0 Å². The van der Waals surface area contributed by atoms with Crippen LogP contribution in [0.4, 0.5) is 0 Å². The second-order valence-electron chi connectivity index (χ2n) is 14.9. The number of aliphatic carboxylic acids is 1. The molecule has 0 radical (unpaired) electrons. The Balaban J connectivity index is 1.56. The number of fused-ring (bicyclic) bond motifs is 7. The Bertz CT molecular complexity index is 893. The molecule has 0 aromatic rings. The monoisotopic (exact) mass is 471 g/mol. The number of oxime groups is 1. The van der Waals surface area contributed by atoms with Crippen LogP contribution in [0.15, 0.2) is 5.16 Å². The summed E-state index contributed by atoms with van der Waals surface area (Å²) in [5.74, 6) is 2.68. The molecule has 192 valence electrons. The van der Waals surface area contributed by atoms with E-state index in [9.17, 15) is 15.1 Å². The Labute approximate surface area is 207 Å². The molecule has 4 nitrogen and oxygen atoms in total. The van der Waals surface area contributed by atoms with E-state index in [2.05, 4.69) is 53.6 Å². The molecular formula is C30H49NO3. The lowest BCUT2D eigenvalue weighted by atomic mass is 9.32. The second kappa shape index (κ2) is 7.48. The molecular weight excluding hydrogens is 422 g/mol. The fraction of sp³-hybridized carbons (Fsp3) is 0.933. The Kier molecular flexibility index (Phi) is 5.42. The van der Waals surface area contributed by atoms with Gasteiger partial charge in [-0.3, -0.25) is 4.79 Å². The topological polar surface area (TPSA) is 69.9 Å². The van der Waals surface area contributed by atoms with Crippen LogP contribution in [0.1, 0.15) is 113 Å². The summed E-state index contributed by atoms with van der Waals surface area (Å²) >= 11 is 0. The molecule has 0 aromatic heterocycles. The average Bonchev–Trinajstić information content (AvgIpc) is 3.15. The van der Waals surface area contributed by atoms with Crippen molar-refractivity contribution in [2.75, 3.05) is 0 Å². The molecule has 0 aromatic carbocycles. The minimum absolute atomic E-state index is 0.0555. The van der Waals surface area contributed by atoms with Gasteiger partial charge in [0.2, 0.25) is 0 Å². The van der Waals surface area contributed by atoms with E-state index in [1.165, 1.54) is 25.7 Å². The van der Waals surface area contributed by atoms with Gasteiger partial charge in [0.1, 0.15) is 0 Å². The third-order valence-electron chi connectivity index (χ3n) is 13.7. The molecule has 9 atom stereocenters. The third kappa shape index (κ3) is 2.78. The van der Waals surface area contributed by atoms with Crippen LogP contribution >= 0.6 is 0 Å². The SMILES string of the molecule is CC(C)[C@@H]1CCC2(C(=O)O)CC[C@]3(C)[C@H](CC[C@@H]4[C@@]5(C)CC/C(=N\O)C(C)(C)[C@@H]5CC[C@]43C)[C@@H]12. The minimum Gasteiger partial charge on any atom is -0.481 e. The fourth-order valence-corrected chi connectivity index (χ4v) is 11.8. The van der Waals surface area contributed by atoms with Crippen LogP contribution in [0.3, 0.4) is 0 Å². The highest BCUT2D eigenvalue weighted by Crippen LogP contribution is 2.77. The first-order valence-electron chi connectivity index (χ1n) is 14.2. The van der Waals surface area contributed by atoms with Gasteiger partial charge in [-0.25, -0.2) is 0 Å². The van der Waals surface area contributed by atoms with Gasteiger partial charge < -0.3 is 10.3 Å². The summed E-state index contributed by atoms with van der Waals surface area (Å²) < 4.78 is 0. The molecule has 34 heavy (non-hydrogen) atoms. The molecule has 4 heteroatoms. The van der Waals surface area contributed by atoms with Crippen molar-refractivity contribution in [3.63, 3.8) is 0 Å². The largest absolute Gasteiger partial charge is 0.481 e. The molecule has 0 bridgehead atoms. The first-order chi connectivity index (χ1) is 15.8. The first kappa shape index (κ1) is 24.6. The van der Waals surface area contributed by atoms with Crippen LogP contribution in [0.25, 0.3) is 0 Å². The summed E-state index contributed by atoms with van der Waals surface area (Å²) in [4.78, 5) is 12.8. The third-order valence-corrected chi connectivity index (χ3v) is 13.7. The molecule has 0 amide bonds. The van der Waals surface area contributed by atoms with Gasteiger partial charge in [-0.2, -0.15) is 0 Å². The lowest BCUT2D eigenvalue weighted by Crippen LogP contribution is -2.66. The molecule has 5 aliphatic carbocycles. The lowest BCUT2D eigenvalue weighted by molar-refractivity contribution is -0.232. The summed E-state index contributed by atoms with van der Waals surface area (Å²) in [6.45, 7) is 17.1. The number of hydrogen-bond acceptors (Lipinski definition) is 3. The number of nitrogens with zero attached hydrogens (tertiary/aromatic N) is 1. The van der Waals surface area contributed by atoms with Crippen molar-refractivity contribution in [1.29, 1.82) is 0 Å². The van der Waals surface area contributed by atoms with Gasteiger partial charge in [0, 0.05) is 5.41 Å². The molecule has 0 aliphatic heterocycles. The van der Waals surface area contributed by atoms with E-state index < -0.39 is 11.4 Å². The van der Waals surface area contributed by atoms with E-state index in [-0.39, 0.29) is 21.7 Å². The average molecular weight is 472 g/mol. The van der Waals surface area contributed by atoms with Crippen LogP contribution in [0.2, 0.25) is 0 Å². The summed E-state index contributed by atoms with van der Waals surface area (Å²) in [6, 6.07) is 0. The summed E-state index contributed by atoms with van der Waals surface area (Å²) in [5.41, 5.74) is 1.17. The highest BCUT2D eigenvalue weighted by atomic mass is 16.4. The van der Waals surface area contributed by atoms with Crippen molar-refractivity contribution in [3.8, 4) is 0 Å². The molecule has 1 unspecified atom stereocenters. The molecule has 5 rings (SSSR count). The fourth-order valence-electron chi connectivity index (χ4n) is 11.8. The highest BCUT2D eigenvalue weighted by molar-refractivity contribution is 5.90. The van der Waals surface area contributed by atoms with Gasteiger partial charge in [-0.15, -0.1) is 0 Å². The van der Waals surface area contributed by atoms with Crippen molar-refractivity contribution < 1.29 is 15.1 Å². The number of carboxylic acid groups (broad SMARTS) is 1. The van der Waals surface area contributed by atoms with Crippen molar-refractivity contribution >= 4 is 11.7 Å². The second-order valence-corrected chi connectivity index (χ2v) is 14.9. The highest BCUT2D eigenvalue weighted by Gasteiger charge is 2.72. The Morgan fingerprint density at radius 3 is 2.21 bits per heavy atom. The number of carbonyl (C=O) groups is 1. The normalized spacial score (nSPS) is 53.1. The zero-order valence-corrected chi connectivity index (χ0v) is 22.8. The maximum Gasteiger partial charge on any atom is 0.309 e. The maximum absolute atomic E-state index is 12.8. The summed E-state index contributed by atoms with van der Waals surface area (Å²) in [5, 5.41) is 24.1. The maximum atomic E-state index is 12.8. The number of hydrogen-bond donors (Lipinski definition) is 2. The zero-order chi connectivity index (χ0) is 24.9.